The van der Waals surface area contributed by atoms with E-state index >= 15 is 0 Å². The minimum absolute atomic E-state index is 0.221. The van der Waals surface area contributed by atoms with Crippen LogP contribution in [0.4, 0.5) is 5.69 Å². The van der Waals surface area contributed by atoms with Crippen molar-refractivity contribution >= 4 is 17.6 Å². The van der Waals surface area contributed by atoms with Gasteiger partial charge >= 0.3 is 5.97 Å². The molecule has 0 aromatic heterocycles. The van der Waals surface area contributed by atoms with Gasteiger partial charge in [0.05, 0.1) is 0 Å². The quantitative estimate of drug-likeness (QED) is 0.808. The molecule has 1 aliphatic rings. The van der Waals surface area contributed by atoms with Crippen LogP contribution < -0.4 is 10.1 Å². The van der Waals surface area contributed by atoms with Gasteiger partial charge in [0.1, 0.15) is 5.75 Å². The van der Waals surface area contributed by atoms with Crippen molar-refractivity contribution in [2.45, 2.75) is 39.2 Å². The number of benzene rings is 2. The van der Waals surface area contributed by atoms with E-state index in [1.165, 1.54) is 11.1 Å². The Balaban J connectivity index is 1.47. The van der Waals surface area contributed by atoms with E-state index in [2.05, 4.69) is 5.32 Å². The predicted molar refractivity (Wildman–Crippen MR) is 99.3 cm³/mol. The average Bonchev–Trinajstić information content (AvgIpc) is 3.07. The molecule has 2 aromatic rings. The zero-order valence-corrected chi connectivity index (χ0v) is 15.1. The summed E-state index contributed by atoms with van der Waals surface area (Å²) in [4.78, 5) is 24.1. The van der Waals surface area contributed by atoms with E-state index in [0.717, 1.165) is 24.8 Å². The van der Waals surface area contributed by atoms with Crippen LogP contribution in [-0.2, 0) is 27.2 Å². The molecule has 136 valence electrons. The summed E-state index contributed by atoms with van der Waals surface area (Å²) in [6.07, 6.45) is 2.42. The lowest BCUT2D eigenvalue weighted by atomic mass is 10.1. The third kappa shape index (κ3) is 4.63. The number of fused-ring (bicyclic) bond motifs is 1. The number of anilines is 1. The number of rotatable bonds is 6. The first kappa shape index (κ1) is 18.0. The molecule has 0 saturated heterocycles. The summed E-state index contributed by atoms with van der Waals surface area (Å²) in [5.74, 6) is -0.293. The second-order valence-electron chi connectivity index (χ2n) is 6.56. The lowest BCUT2D eigenvalue weighted by molar-refractivity contribution is -0.155. The highest BCUT2D eigenvalue weighted by atomic mass is 16.6. The van der Waals surface area contributed by atoms with Crippen molar-refractivity contribution in [3.63, 3.8) is 0 Å². The Hall–Kier alpha value is -2.82. The van der Waals surface area contributed by atoms with Crippen LogP contribution in [0.1, 0.15) is 30.0 Å². The highest BCUT2D eigenvalue weighted by Gasteiger charge is 2.19. The van der Waals surface area contributed by atoms with Crippen molar-refractivity contribution in [2.24, 2.45) is 0 Å². The molecule has 0 bridgehead atoms. The normalized spacial score (nSPS) is 13.6. The lowest BCUT2D eigenvalue weighted by Gasteiger charge is -2.14. The van der Waals surface area contributed by atoms with E-state index in [9.17, 15) is 9.59 Å². The van der Waals surface area contributed by atoms with Crippen LogP contribution in [0, 0.1) is 6.92 Å². The van der Waals surface area contributed by atoms with E-state index in [0.29, 0.717) is 11.4 Å². The van der Waals surface area contributed by atoms with Gasteiger partial charge < -0.3 is 14.8 Å². The molecule has 0 aliphatic heterocycles. The molecule has 5 heteroatoms. The molecule has 1 atom stereocenters. The molecule has 2 aromatic carbocycles. The van der Waals surface area contributed by atoms with Crippen LogP contribution in [-0.4, -0.2) is 24.6 Å². The molecule has 0 radical (unpaired) electrons. The number of amides is 1. The Bertz CT molecular complexity index is 815. The van der Waals surface area contributed by atoms with Gasteiger partial charge in [0.25, 0.3) is 5.91 Å². The van der Waals surface area contributed by atoms with Gasteiger partial charge in [-0.3, -0.25) is 4.79 Å². The number of hydrogen-bond donors (Lipinski definition) is 1. The third-order valence-electron chi connectivity index (χ3n) is 4.39. The largest absolute Gasteiger partial charge is 0.482 e. The van der Waals surface area contributed by atoms with E-state index < -0.39 is 12.1 Å². The van der Waals surface area contributed by atoms with Crippen molar-refractivity contribution in [3.05, 3.63) is 59.2 Å². The van der Waals surface area contributed by atoms with Gasteiger partial charge in [0, 0.05) is 5.69 Å². The first-order valence-electron chi connectivity index (χ1n) is 8.83. The minimum atomic E-state index is -0.897. The fraction of sp³-hybridized carbons (Fsp3) is 0.333. The van der Waals surface area contributed by atoms with E-state index in [1.54, 1.807) is 13.0 Å². The van der Waals surface area contributed by atoms with Crippen molar-refractivity contribution < 1.29 is 19.1 Å². The second-order valence-corrected chi connectivity index (χ2v) is 6.56. The molecule has 0 heterocycles. The second kappa shape index (κ2) is 8.04. The van der Waals surface area contributed by atoms with Crippen molar-refractivity contribution in [3.8, 4) is 5.75 Å². The van der Waals surface area contributed by atoms with Gasteiger partial charge in [-0.1, -0.05) is 18.2 Å². The van der Waals surface area contributed by atoms with Gasteiger partial charge in [-0.05, 0) is 74.1 Å². The monoisotopic (exact) mass is 353 g/mol. The van der Waals surface area contributed by atoms with Crippen LogP contribution in [0.15, 0.2) is 42.5 Å². The van der Waals surface area contributed by atoms with E-state index in [1.807, 2.05) is 43.3 Å². The standard InChI is InChI=1S/C21H23NO4/c1-14-5-3-8-18(11-14)22-21(24)15(2)26-20(23)13-25-19-10-9-16-6-4-7-17(16)12-19/h3,5,8-12,15H,4,6-7,13H2,1-2H3,(H,22,24)/t15-/m1/s1. The van der Waals surface area contributed by atoms with Gasteiger partial charge in [-0.2, -0.15) is 0 Å². The molecule has 5 nitrogen and oxygen atoms in total. The third-order valence-corrected chi connectivity index (χ3v) is 4.39. The summed E-state index contributed by atoms with van der Waals surface area (Å²) >= 11 is 0. The smallest absolute Gasteiger partial charge is 0.344 e. The summed E-state index contributed by atoms with van der Waals surface area (Å²) in [5.41, 5.74) is 4.34. The van der Waals surface area contributed by atoms with Gasteiger partial charge in [-0.15, -0.1) is 0 Å². The molecule has 26 heavy (non-hydrogen) atoms. The summed E-state index contributed by atoms with van der Waals surface area (Å²) < 4.78 is 10.7. The molecule has 1 N–H and O–H groups in total. The first-order chi connectivity index (χ1) is 12.5. The van der Waals surface area contributed by atoms with Crippen molar-refractivity contribution in [1.82, 2.24) is 0 Å². The highest BCUT2D eigenvalue weighted by Crippen LogP contribution is 2.26. The topological polar surface area (TPSA) is 64.6 Å². The summed E-state index contributed by atoms with van der Waals surface area (Å²) in [6, 6.07) is 13.3. The maximum atomic E-state index is 12.1. The lowest BCUT2D eigenvalue weighted by Crippen LogP contribution is -2.31. The SMILES string of the molecule is Cc1cccc(NC(=O)[C@@H](C)OC(=O)COc2ccc3c(c2)CCC3)c1. The zero-order chi connectivity index (χ0) is 18.5. The Labute approximate surface area is 153 Å². The van der Waals surface area contributed by atoms with Gasteiger partial charge in [-0.25, -0.2) is 4.79 Å². The maximum Gasteiger partial charge on any atom is 0.344 e. The predicted octanol–water partition coefficient (Wildman–Crippen LogP) is 3.43. The maximum absolute atomic E-state index is 12.1. The number of carbonyl (C=O) groups is 2. The van der Waals surface area contributed by atoms with Crippen LogP contribution in [0.2, 0.25) is 0 Å². The van der Waals surface area contributed by atoms with Crippen LogP contribution >= 0.6 is 0 Å². The van der Waals surface area contributed by atoms with Crippen molar-refractivity contribution in [2.75, 3.05) is 11.9 Å². The average molecular weight is 353 g/mol. The molecule has 0 saturated carbocycles. The number of ether oxygens (including phenoxy) is 2. The number of hydrogen-bond acceptors (Lipinski definition) is 4. The molecular weight excluding hydrogens is 330 g/mol. The Morgan fingerprint density at radius 2 is 1.92 bits per heavy atom. The molecule has 0 unspecified atom stereocenters. The minimum Gasteiger partial charge on any atom is -0.482 e. The Kier molecular flexibility index (Phi) is 5.56. The zero-order valence-electron chi connectivity index (χ0n) is 15.1. The first-order valence-corrected chi connectivity index (χ1v) is 8.83. The fourth-order valence-corrected chi connectivity index (χ4v) is 3.03. The molecule has 0 fully saturated rings. The molecule has 1 aliphatic carbocycles. The summed E-state index contributed by atoms with van der Waals surface area (Å²) in [6.45, 7) is 3.26. The van der Waals surface area contributed by atoms with Crippen LogP contribution in [0.25, 0.3) is 0 Å². The van der Waals surface area contributed by atoms with Crippen molar-refractivity contribution in [1.29, 1.82) is 0 Å². The number of esters is 1. The van der Waals surface area contributed by atoms with Gasteiger partial charge in [0.2, 0.25) is 0 Å². The van der Waals surface area contributed by atoms with E-state index in [-0.39, 0.29) is 12.5 Å². The number of aryl methyl sites for hydroxylation is 3. The highest BCUT2D eigenvalue weighted by molar-refractivity contribution is 5.95. The molecule has 1 amide bonds. The Morgan fingerprint density at radius 1 is 1.12 bits per heavy atom. The number of nitrogens with one attached hydrogen (secondary N) is 1. The summed E-state index contributed by atoms with van der Waals surface area (Å²) in [5, 5.41) is 2.73. The van der Waals surface area contributed by atoms with Crippen LogP contribution in [0.3, 0.4) is 0 Å². The summed E-state index contributed by atoms with van der Waals surface area (Å²) in [7, 11) is 0. The number of carbonyl (C=O) groups excluding carboxylic acids is 2. The molecule has 3 rings (SSSR count). The Morgan fingerprint density at radius 3 is 2.73 bits per heavy atom. The van der Waals surface area contributed by atoms with Crippen LogP contribution in [0.5, 0.6) is 5.75 Å². The van der Waals surface area contributed by atoms with Gasteiger partial charge in [0.15, 0.2) is 12.7 Å². The molecule has 0 spiro atoms. The van der Waals surface area contributed by atoms with E-state index in [4.69, 9.17) is 9.47 Å². The fourth-order valence-electron chi connectivity index (χ4n) is 3.03. The molecular formula is C21H23NO4.